The monoisotopic (exact) mass is 205 g/mol. The average Bonchev–Trinajstić information content (AvgIpc) is 2.06. The predicted octanol–water partition coefficient (Wildman–Crippen LogP) is 2.56. The summed E-state index contributed by atoms with van der Waals surface area (Å²) in [5.74, 6) is 1.05. The van der Waals surface area contributed by atoms with E-state index in [-0.39, 0.29) is 11.9 Å². The van der Waals surface area contributed by atoms with Crippen molar-refractivity contribution in [2.75, 3.05) is 5.88 Å². The third-order valence-corrected chi connectivity index (χ3v) is 2.66. The fourth-order valence-electron chi connectivity index (χ4n) is 1.53. The molecule has 0 aliphatic carbocycles. The van der Waals surface area contributed by atoms with Crippen LogP contribution in [0.2, 0.25) is 0 Å². The van der Waals surface area contributed by atoms with Crippen molar-refractivity contribution >= 4 is 17.5 Å². The number of alkyl halides is 1. The van der Waals surface area contributed by atoms with Gasteiger partial charge in [0, 0.05) is 18.3 Å². The number of amides is 1. The van der Waals surface area contributed by atoms with E-state index in [2.05, 4.69) is 26.1 Å². The maximum atomic E-state index is 11.2. The van der Waals surface area contributed by atoms with Gasteiger partial charge in [-0.2, -0.15) is 0 Å². The van der Waals surface area contributed by atoms with Crippen molar-refractivity contribution in [2.24, 2.45) is 5.92 Å². The van der Waals surface area contributed by atoms with E-state index in [9.17, 15) is 4.79 Å². The summed E-state index contributed by atoms with van der Waals surface area (Å²) in [6, 6.07) is 0.269. The van der Waals surface area contributed by atoms with Crippen LogP contribution in [0.3, 0.4) is 0 Å². The van der Waals surface area contributed by atoms with Gasteiger partial charge >= 0.3 is 0 Å². The van der Waals surface area contributed by atoms with Gasteiger partial charge in [-0.25, -0.2) is 0 Å². The zero-order valence-corrected chi connectivity index (χ0v) is 9.53. The van der Waals surface area contributed by atoms with Gasteiger partial charge in [0.15, 0.2) is 0 Å². The summed E-state index contributed by atoms with van der Waals surface area (Å²) in [5, 5.41) is 2.96. The standard InChI is InChI=1S/C10H20ClNO/c1-4-9(5-2)8(3)12-10(13)6-7-11/h8-9H,4-7H2,1-3H3,(H,12,13). The Balaban J connectivity index is 3.82. The van der Waals surface area contributed by atoms with E-state index in [0.29, 0.717) is 18.2 Å². The minimum atomic E-state index is 0.0643. The van der Waals surface area contributed by atoms with Gasteiger partial charge in [-0.15, -0.1) is 11.6 Å². The van der Waals surface area contributed by atoms with Gasteiger partial charge in [-0.3, -0.25) is 4.79 Å². The Bertz CT molecular complexity index is 146. The molecule has 0 aromatic heterocycles. The van der Waals surface area contributed by atoms with Gasteiger partial charge in [0.2, 0.25) is 5.91 Å². The lowest BCUT2D eigenvalue weighted by Crippen LogP contribution is -2.37. The minimum absolute atomic E-state index is 0.0643. The van der Waals surface area contributed by atoms with E-state index in [4.69, 9.17) is 11.6 Å². The van der Waals surface area contributed by atoms with Crippen LogP contribution in [0.15, 0.2) is 0 Å². The molecule has 78 valence electrons. The van der Waals surface area contributed by atoms with Crippen LogP contribution in [0.5, 0.6) is 0 Å². The molecule has 0 saturated heterocycles. The van der Waals surface area contributed by atoms with Crippen molar-refractivity contribution < 1.29 is 4.79 Å². The molecule has 0 aromatic carbocycles. The average molecular weight is 206 g/mol. The Kier molecular flexibility index (Phi) is 7.06. The van der Waals surface area contributed by atoms with Crippen LogP contribution in [-0.2, 0) is 4.79 Å². The number of hydrogen-bond donors (Lipinski definition) is 1. The Hall–Kier alpha value is -0.240. The molecular weight excluding hydrogens is 186 g/mol. The fourth-order valence-corrected chi connectivity index (χ4v) is 1.70. The molecule has 0 aliphatic heterocycles. The van der Waals surface area contributed by atoms with Crippen molar-refractivity contribution in [3.8, 4) is 0 Å². The molecule has 2 nitrogen and oxygen atoms in total. The second-order valence-corrected chi connectivity index (χ2v) is 3.75. The largest absolute Gasteiger partial charge is 0.353 e. The zero-order valence-electron chi connectivity index (χ0n) is 8.77. The lowest BCUT2D eigenvalue weighted by molar-refractivity contribution is -0.121. The molecule has 1 atom stereocenters. The smallest absolute Gasteiger partial charge is 0.221 e. The highest BCUT2D eigenvalue weighted by atomic mass is 35.5. The summed E-state index contributed by atoms with van der Waals surface area (Å²) < 4.78 is 0. The minimum Gasteiger partial charge on any atom is -0.353 e. The van der Waals surface area contributed by atoms with Crippen LogP contribution >= 0.6 is 11.6 Å². The quantitative estimate of drug-likeness (QED) is 0.664. The summed E-state index contributed by atoms with van der Waals surface area (Å²) >= 11 is 5.47. The SMILES string of the molecule is CCC(CC)C(C)NC(=O)CCCl. The van der Waals surface area contributed by atoms with Gasteiger partial charge in [-0.05, 0) is 12.8 Å². The normalized spacial score (nSPS) is 13.0. The summed E-state index contributed by atoms with van der Waals surface area (Å²) in [5.41, 5.74) is 0. The number of halogens is 1. The van der Waals surface area contributed by atoms with E-state index in [1.165, 1.54) is 0 Å². The van der Waals surface area contributed by atoms with Crippen LogP contribution in [0.25, 0.3) is 0 Å². The van der Waals surface area contributed by atoms with Crippen molar-refractivity contribution in [3.63, 3.8) is 0 Å². The first-order chi connectivity index (χ1) is 6.15. The van der Waals surface area contributed by atoms with Crippen molar-refractivity contribution in [2.45, 2.75) is 46.1 Å². The number of rotatable bonds is 6. The molecule has 1 amide bonds. The first-order valence-corrected chi connectivity index (χ1v) is 5.54. The zero-order chi connectivity index (χ0) is 10.3. The Morgan fingerprint density at radius 2 is 1.92 bits per heavy atom. The molecule has 0 bridgehead atoms. The van der Waals surface area contributed by atoms with Crippen molar-refractivity contribution in [3.05, 3.63) is 0 Å². The number of hydrogen-bond acceptors (Lipinski definition) is 1. The van der Waals surface area contributed by atoms with Gasteiger partial charge in [0.25, 0.3) is 0 Å². The molecule has 0 aromatic rings. The van der Waals surface area contributed by atoms with Gasteiger partial charge in [0.1, 0.15) is 0 Å². The van der Waals surface area contributed by atoms with Gasteiger partial charge < -0.3 is 5.32 Å². The molecule has 0 aliphatic rings. The molecule has 3 heteroatoms. The number of carbonyl (C=O) groups is 1. The molecule has 0 radical (unpaired) electrons. The van der Waals surface area contributed by atoms with E-state index in [1.807, 2.05) is 0 Å². The molecule has 0 rings (SSSR count). The molecule has 0 fully saturated rings. The highest BCUT2D eigenvalue weighted by Crippen LogP contribution is 2.12. The highest BCUT2D eigenvalue weighted by molar-refractivity contribution is 6.18. The molecule has 0 heterocycles. The van der Waals surface area contributed by atoms with Crippen LogP contribution in [0.1, 0.15) is 40.0 Å². The first kappa shape index (κ1) is 12.8. The summed E-state index contributed by atoms with van der Waals surface area (Å²) in [6.07, 6.45) is 2.64. The number of nitrogens with one attached hydrogen (secondary N) is 1. The van der Waals surface area contributed by atoms with Gasteiger partial charge in [-0.1, -0.05) is 26.7 Å². The summed E-state index contributed by atoms with van der Waals surface area (Å²) in [6.45, 7) is 6.36. The Labute approximate surface area is 86.0 Å². The van der Waals surface area contributed by atoms with Crippen molar-refractivity contribution in [1.29, 1.82) is 0 Å². The van der Waals surface area contributed by atoms with E-state index in [1.54, 1.807) is 0 Å². The van der Waals surface area contributed by atoms with Crippen LogP contribution in [0.4, 0.5) is 0 Å². The molecule has 13 heavy (non-hydrogen) atoms. The first-order valence-electron chi connectivity index (χ1n) is 5.01. The molecule has 0 spiro atoms. The second kappa shape index (κ2) is 7.19. The van der Waals surface area contributed by atoms with E-state index >= 15 is 0 Å². The van der Waals surface area contributed by atoms with Gasteiger partial charge in [0.05, 0.1) is 0 Å². The summed E-state index contributed by atoms with van der Waals surface area (Å²) in [7, 11) is 0. The van der Waals surface area contributed by atoms with E-state index in [0.717, 1.165) is 12.8 Å². The topological polar surface area (TPSA) is 29.1 Å². The lowest BCUT2D eigenvalue weighted by atomic mass is 9.95. The van der Waals surface area contributed by atoms with Crippen molar-refractivity contribution in [1.82, 2.24) is 5.32 Å². The highest BCUT2D eigenvalue weighted by Gasteiger charge is 2.14. The van der Waals surface area contributed by atoms with Crippen LogP contribution < -0.4 is 5.32 Å². The maximum absolute atomic E-state index is 11.2. The molecular formula is C10H20ClNO. The predicted molar refractivity (Wildman–Crippen MR) is 57.0 cm³/mol. The third-order valence-electron chi connectivity index (χ3n) is 2.47. The number of carbonyl (C=O) groups excluding carboxylic acids is 1. The second-order valence-electron chi connectivity index (χ2n) is 3.37. The Morgan fingerprint density at radius 1 is 1.38 bits per heavy atom. The third kappa shape index (κ3) is 5.14. The molecule has 0 saturated carbocycles. The molecule has 1 N–H and O–H groups in total. The fraction of sp³-hybridized carbons (Fsp3) is 0.900. The molecule has 1 unspecified atom stereocenters. The maximum Gasteiger partial charge on any atom is 0.221 e. The lowest BCUT2D eigenvalue weighted by Gasteiger charge is -2.22. The van der Waals surface area contributed by atoms with E-state index < -0.39 is 0 Å². The Morgan fingerprint density at radius 3 is 2.31 bits per heavy atom. The van der Waals surface area contributed by atoms with Crippen LogP contribution in [0, 0.1) is 5.92 Å². The van der Waals surface area contributed by atoms with Crippen LogP contribution in [-0.4, -0.2) is 17.8 Å². The summed E-state index contributed by atoms with van der Waals surface area (Å²) in [4.78, 5) is 11.2.